The van der Waals surface area contributed by atoms with E-state index in [1.54, 1.807) is 0 Å². The third-order valence-corrected chi connectivity index (χ3v) is 3.85. The zero-order chi connectivity index (χ0) is 13.3. The summed E-state index contributed by atoms with van der Waals surface area (Å²) in [5.74, 6) is -0.324. The molecular formula is C13H18FN3O. The zero-order valence-corrected chi connectivity index (χ0v) is 10.7. The van der Waals surface area contributed by atoms with Gasteiger partial charge in [-0.2, -0.15) is 0 Å². The van der Waals surface area contributed by atoms with Gasteiger partial charge in [0.2, 0.25) is 0 Å². The van der Waals surface area contributed by atoms with Gasteiger partial charge in [-0.05, 0) is 30.2 Å². The molecule has 0 radical (unpaired) electrons. The fraction of sp³-hybridized carbons (Fsp3) is 0.538. The first-order valence-electron chi connectivity index (χ1n) is 6.14. The lowest BCUT2D eigenvalue weighted by Crippen LogP contribution is -2.33. The predicted molar refractivity (Wildman–Crippen MR) is 67.4 cm³/mol. The Kier molecular flexibility index (Phi) is 3.24. The zero-order valence-electron chi connectivity index (χ0n) is 10.7. The molecule has 2 rings (SSSR count). The Bertz CT molecular complexity index is 469. The van der Waals surface area contributed by atoms with Crippen molar-refractivity contribution in [1.82, 2.24) is 10.3 Å². The summed E-state index contributed by atoms with van der Waals surface area (Å²) in [6.07, 6.45) is 3.26. The van der Waals surface area contributed by atoms with Crippen LogP contribution in [0.25, 0.3) is 0 Å². The lowest BCUT2D eigenvalue weighted by atomic mass is 9.92. The highest BCUT2D eigenvalue weighted by atomic mass is 19.1. The van der Waals surface area contributed by atoms with Gasteiger partial charge < -0.3 is 11.1 Å². The van der Waals surface area contributed by atoms with Gasteiger partial charge in [0, 0.05) is 6.54 Å². The number of nitrogen functional groups attached to an aromatic ring is 1. The van der Waals surface area contributed by atoms with E-state index in [-0.39, 0.29) is 22.7 Å². The van der Waals surface area contributed by atoms with Gasteiger partial charge in [-0.25, -0.2) is 9.37 Å². The first-order valence-corrected chi connectivity index (χ1v) is 6.14. The molecule has 1 aromatic rings. The molecule has 0 bridgehead atoms. The molecule has 1 heterocycles. The SMILES string of the molecule is CC(C)C1(CNC(=O)c2cc(F)cnc2N)CC1. The molecule has 5 heteroatoms. The molecule has 0 saturated heterocycles. The largest absolute Gasteiger partial charge is 0.383 e. The highest BCUT2D eigenvalue weighted by molar-refractivity contribution is 5.98. The van der Waals surface area contributed by atoms with Crippen molar-refractivity contribution in [2.75, 3.05) is 12.3 Å². The van der Waals surface area contributed by atoms with E-state index in [1.807, 2.05) is 0 Å². The van der Waals surface area contributed by atoms with E-state index in [0.29, 0.717) is 12.5 Å². The highest BCUT2D eigenvalue weighted by Crippen LogP contribution is 2.51. The van der Waals surface area contributed by atoms with E-state index < -0.39 is 5.82 Å². The number of hydrogen-bond acceptors (Lipinski definition) is 3. The summed E-state index contributed by atoms with van der Waals surface area (Å²) in [4.78, 5) is 15.6. The second-order valence-corrected chi connectivity index (χ2v) is 5.29. The monoisotopic (exact) mass is 251 g/mol. The number of anilines is 1. The highest BCUT2D eigenvalue weighted by Gasteiger charge is 2.45. The average molecular weight is 251 g/mol. The number of rotatable bonds is 4. The number of nitrogens with one attached hydrogen (secondary N) is 1. The lowest BCUT2D eigenvalue weighted by molar-refractivity contribution is 0.0940. The first kappa shape index (κ1) is 12.8. The normalized spacial score (nSPS) is 16.7. The molecule has 1 aliphatic rings. The molecule has 3 N–H and O–H groups in total. The molecule has 0 aromatic carbocycles. The Labute approximate surface area is 106 Å². The maximum absolute atomic E-state index is 13.0. The molecule has 1 fully saturated rings. The van der Waals surface area contributed by atoms with E-state index in [4.69, 9.17) is 5.73 Å². The maximum atomic E-state index is 13.0. The molecule has 0 spiro atoms. The van der Waals surface area contributed by atoms with Gasteiger partial charge in [-0.15, -0.1) is 0 Å². The van der Waals surface area contributed by atoms with Gasteiger partial charge in [0.25, 0.3) is 5.91 Å². The lowest BCUT2D eigenvalue weighted by Gasteiger charge is -2.20. The van der Waals surface area contributed by atoms with Gasteiger partial charge in [-0.3, -0.25) is 4.79 Å². The summed E-state index contributed by atoms with van der Waals surface area (Å²) in [6, 6.07) is 1.12. The van der Waals surface area contributed by atoms with Gasteiger partial charge in [0.15, 0.2) is 0 Å². The summed E-state index contributed by atoms with van der Waals surface area (Å²) in [6.45, 7) is 4.91. The van der Waals surface area contributed by atoms with Crippen LogP contribution in [0.5, 0.6) is 0 Å². The number of carbonyl (C=O) groups is 1. The Hall–Kier alpha value is -1.65. The molecule has 18 heavy (non-hydrogen) atoms. The second-order valence-electron chi connectivity index (χ2n) is 5.29. The van der Waals surface area contributed by atoms with Gasteiger partial charge in [0.1, 0.15) is 11.6 Å². The van der Waals surface area contributed by atoms with Crippen molar-refractivity contribution in [3.8, 4) is 0 Å². The Morgan fingerprint density at radius 1 is 1.61 bits per heavy atom. The summed E-state index contributed by atoms with van der Waals surface area (Å²) in [7, 11) is 0. The molecule has 0 unspecified atom stereocenters. The quantitative estimate of drug-likeness (QED) is 0.859. The van der Waals surface area contributed by atoms with Crippen molar-refractivity contribution < 1.29 is 9.18 Å². The number of aromatic nitrogens is 1. The number of hydrogen-bond donors (Lipinski definition) is 2. The van der Waals surface area contributed by atoms with Crippen molar-refractivity contribution >= 4 is 11.7 Å². The molecule has 1 aromatic heterocycles. The third kappa shape index (κ3) is 2.44. The summed E-state index contributed by atoms with van der Waals surface area (Å²) in [5.41, 5.74) is 5.89. The van der Waals surface area contributed by atoms with E-state index in [2.05, 4.69) is 24.1 Å². The first-order chi connectivity index (χ1) is 8.44. The fourth-order valence-corrected chi connectivity index (χ4v) is 2.10. The third-order valence-electron chi connectivity index (χ3n) is 3.85. The summed E-state index contributed by atoms with van der Waals surface area (Å²) < 4.78 is 13.0. The Morgan fingerprint density at radius 3 is 2.83 bits per heavy atom. The van der Waals surface area contributed by atoms with Gasteiger partial charge >= 0.3 is 0 Å². The molecule has 1 aliphatic carbocycles. The number of nitrogens with two attached hydrogens (primary N) is 1. The molecule has 0 atom stereocenters. The summed E-state index contributed by atoms with van der Waals surface area (Å²) in [5, 5.41) is 2.83. The Morgan fingerprint density at radius 2 is 2.28 bits per heavy atom. The van der Waals surface area contributed by atoms with Crippen LogP contribution in [-0.4, -0.2) is 17.4 Å². The van der Waals surface area contributed by atoms with Crippen LogP contribution in [0.3, 0.4) is 0 Å². The minimum Gasteiger partial charge on any atom is -0.383 e. The minimum atomic E-state index is -0.556. The molecule has 1 amide bonds. The van der Waals surface area contributed by atoms with Crippen LogP contribution in [0.1, 0.15) is 37.0 Å². The number of halogens is 1. The number of amides is 1. The molecular weight excluding hydrogens is 233 g/mol. The van der Waals surface area contributed by atoms with Crippen molar-refractivity contribution in [2.45, 2.75) is 26.7 Å². The predicted octanol–water partition coefficient (Wildman–Crippen LogP) is 1.97. The summed E-state index contributed by atoms with van der Waals surface area (Å²) >= 11 is 0. The fourth-order valence-electron chi connectivity index (χ4n) is 2.10. The van der Waals surface area contributed by atoms with Gasteiger partial charge in [-0.1, -0.05) is 13.8 Å². The smallest absolute Gasteiger partial charge is 0.255 e. The van der Waals surface area contributed by atoms with Gasteiger partial charge in [0.05, 0.1) is 11.8 Å². The van der Waals surface area contributed by atoms with Crippen molar-refractivity contribution in [3.63, 3.8) is 0 Å². The van der Waals surface area contributed by atoms with E-state index in [1.165, 1.54) is 0 Å². The van der Waals surface area contributed by atoms with Crippen LogP contribution >= 0.6 is 0 Å². The standard InChI is InChI=1S/C13H18FN3O/c1-8(2)13(3-4-13)7-17-12(18)10-5-9(14)6-16-11(10)15/h5-6,8H,3-4,7H2,1-2H3,(H2,15,16)(H,17,18). The van der Waals surface area contributed by atoms with Crippen molar-refractivity contribution in [1.29, 1.82) is 0 Å². The van der Waals surface area contributed by atoms with Crippen LogP contribution in [0.2, 0.25) is 0 Å². The van der Waals surface area contributed by atoms with E-state index in [0.717, 1.165) is 25.1 Å². The number of nitrogens with zero attached hydrogens (tertiary/aromatic N) is 1. The maximum Gasteiger partial charge on any atom is 0.255 e. The minimum absolute atomic E-state index is 0.0586. The van der Waals surface area contributed by atoms with E-state index >= 15 is 0 Å². The van der Waals surface area contributed by atoms with E-state index in [9.17, 15) is 9.18 Å². The number of carbonyl (C=O) groups excluding carboxylic acids is 1. The number of pyridine rings is 1. The van der Waals surface area contributed by atoms with Crippen LogP contribution in [-0.2, 0) is 0 Å². The van der Waals surface area contributed by atoms with Crippen LogP contribution in [0, 0.1) is 17.2 Å². The van der Waals surface area contributed by atoms with Crippen molar-refractivity contribution in [2.24, 2.45) is 11.3 Å². The molecule has 0 aliphatic heterocycles. The van der Waals surface area contributed by atoms with Crippen LogP contribution < -0.4 is 11.1 Å². The van der Waals surface area contributed by atoms with Crippen molar-refractivity contribution in [3.05, 3.63) is 23.6 Å². The molecule has 1 saturated carbocycles. The molecule has 98 valence electrons. The molecule has 4 nitrogen and oxygen atoms in total. The second kappa shape index (κ2) is 4.55. The Balaban J connectivity index is 2.02. The average Bonchev–Trinajstić information content (AvgIpc) is 3.10. The topological polar surface area (TPSA) is 68.0 Å². The van der Waals surface area contributed by atoms with Crippen LogP contribution in [0.4, 0.5) is 10.2 Å². The van der Waals surface area contributed by atoms with Crippen LogP contribution in [0.15, 0.2) is 12.3 Å².